The average molecular weight is 287 g/mol. The molecule has 1 aromatic carbocycles. The van der Waals surface area contributed by atoms with Gasteiger partial charge in [-0.05, 0) is 30.4 Å². The van der Waals surface area contributed by atoms with Crippen LogP contribution in [0.2, 0.25) is 0 Å². The van der Waals surface area contributed by atoms with Crippen molar-refractivity contribution in [3.63, 3.8) is 0 Å². The number of carboxylic acids is 1. The molecular formula is C16H17NO4. The third kappa shape index (κ3) is 2.44. The molecule has 0 spiro atoms. The summed E-state index contributed by atoms with van der Waals surface area (Å²) < 4.78 is 0. The first-order valence-electron chi connectivity index (χ1n) is 7.23. The first-order valence-corrected chi connectivity index (χ1v) is 7.23. The summed E-state index contributed by atoms with van der Waals surface area (Å²) in [5.74, 6) is -1.91. The Morgan fingerprint density at radius 3 is 2.76 bits per heavy atom. The Kier molecular flexibility index (Phi) is 3.49. The number of carbonyl (C=O) groups is 3. The molecule has 0 aromatic heterocycles. The fourth-order valence-corrected chi connectivity index (χ4v) is 3.40. The van der Waals surface area contributed by atoms with Crippen molar-refractivity contribution in [2.24, 2.45) is 11.8 Å². The Morgan fingerprint density at radius 1 is 1.24 bits per heavy atom. The van der Waals surface area contributed by atoms with Crippen LogP contribution in [0.4, 0.5) is 0 Å². The summed E-state index contributed by atoms with van der Waals surface area (Å²) in [4.78, 5) is 37.1. The maximum absolute atomic E-state index is 12.4. The lowest BCUT2D eigenvalue weighted by molar-refractivity contribution is -0.144. The number of hydrogen-bond acceptors (Lipinski definition) is 3. The van der Waals surface area contributed by atoms with Crippen LogP contribution in [-0.2, 0) is 16.0 Å². The van der Waals surface area contributed by atoms with E-state index >= 15 is 0 Å². The van der Waals surface area contributed by atoms with E-state index < -0.39 is 11.9 Å². The molecule has 1 saturated carbocycles. The molecule has 2 amide bonds. The minimum absolute atomic E-state index is 0.124. The Bertz CT molecular complexity index is 610. The number of fused-ring (bicyclic) bond motifs is 1. The van der Waals surface area contributed by atoms with E-state index in [0.717, 1.165) is 18.4 Å². The lowest BCUT2D eigenvalue weighted by Crippen LogP contribution is -2.45. The largest absolute Gasteiger partial charge is 0.481 e. The van der Waals surface area contributed by atoms with Crippen LogP contribution < -0.4 is 0 Å². The zero-order valence-corrected chi connectivity index (χ0v) is 11.6. The second-order valence-electron chi connectivity index (χ2n) is 5.78. The van der Waals surface area contributed by atoms with E-state index in [1.165, 1.54) is 4.90 Å². The van der Waals surface area contributed by atoms with Crippen LogP contribution in [0.3, 0.4) is 0 Å². The summed E-state index contributed by atoms with van der Waals surface area (Å²) in [6.45, 7) is 0.225. The van der Waals surface area contributed by atoms with Crippen molar-refractivity contribution in [3.8, 4) is 0 Å². The van der Waals surface area contributed by atoms with E-state index in [0.29, 0.717) is 12.0 Å². The minimum atomic E-state index is -0.824. The van der Waals surface area contributed by atoms with Crippen LogP contribution in [0.15, 0.2) is 24.3 Å². The Balaban J connectivity index is 1.82. The molecule has 5 nitrogen and oxygen atoms in total. The van der Waals surface area contributed by atoms with E-state index in [4.69, 9.17) is 0 Å². The Labute approximate surface area is 122 Å². The topological polar surface area (TPSA) is 74.7 Å². The maximum atomic E-state index is 12.4. The second kappa shape index (κ2) is 5.31. The normalized spacial score (nSPS) is 25.0. The van der Waals surface area contributed by atoms with E-state index in [2.05, 4.69) is 0 Å². The van der Waals surface area contributed by atoms with E-state index in [1.807, 2.05) is 6.07 Å². The first-order chi connectivity index (χ1) is 10.1. The number of carbonyl (C=O) groups excluding carboxylic acids is 2. The molecule has 5 heteroatoms. The summed E-state index contributed by atoms with van der Waals surface area (Å²) in [5.41, 5.74) is 1.31. The van der Waals surface area contributed by atoms with Gasteiger partial charge in [0, 0.05) is 12.1 Å². The van der Waals surface area contributed by atoms with Gasteiger partial charge in [-0.2, -0.15) is 0 Å². The third-order valence-electron chi connectivity index (χ3n) is 4.53. The number of carboxylic acid groups (broad SMARTS) is 1. The molecule has 1 N–H and O–H groups in total. The smallest absolute Gasteiger partial charge is 0.306 e. The fourth-order valence-electron chi connectivity index (χ4n) is 3.40. The molecule has 1 fully saturated rings. The minimum Gasteiger partial charge on any atom is -0.481 e. The molecule has 2 unspecified atom stereocenters. The van der Waals surface area contributed by atoms with Gasteiger partial charge >= 0.3 is 5.97 Å². The number of aliphatic carboxylic acids is 1. The average Bonchev–Trinajstić information content (AvgIpc) is 2.92. The molecule has 0 radical (unpaired) electrons. The molecule has 110 valence electrons. The number of nitrogens with zero attached hydrogens (tertiary/aromatic N) is 1. The maximum Gasteiger partial charge on any atom is 0.306 e. The van der Waals surface area contributed by atoms with Crippen molar-refractivity contribution in [2.45, 2.75) is 25.7 Å². The van der Waals surface area contributed by atoms with E-state index in [1.54, 1.807) is 18.2 Å². The monoisotopic (exact) mass is 287 g/mol. The molecule has 3 rings (SSSR count). The van der Waals surface area contributed by atoms with Crippen molar-refractivity contribution >= 4 is 17.8 Å². The Morgan fingerprint density at radius 2 is 2.00 bits per heavy atom. The number of rotatable bonds is 3. The van der Waals surface area contributed by atoms with Crippen molar-refractivity contribution in [1.82, 2.24) is 4.90 Å². The van der Waals surface area contributed by atoms with Crippen molar-refractivity contribution < 1.29 is 19.5 Å². The van der Waals surface area contributed by atoms with Gasteiger partial charge in [-0.3, -0.25) is 19.3 Å². The van der Waals surface area contributed by atoms with Gasteiger partial charge in [0.05, 0.1) is 12.3 Å². The van der Waals surface area contributed by atoms with E-state index in [9.17, 15) is 19.5 Å². The number of hydrogen-bond donors (Lipinski definition) is 1. The lowest BCUT2D eigenvalue weighted by Gasteiger charge is -2.30. The van der Waals surface area contributed by atoms with Gasteiger partial charge in [0.2, 0.25) is 5.91 Å². The highest BCUT2D eigenvalue weighted by atomic mass is 16.4. The second-order valence-corrected chi connectivity index (χ2v) is 5.78. The highest BCUT2D eigenvalue weighted by Gasteiger charge is 2.38. The number of imide groups is 1. The molecule has 1 aliphatic carbocycles. The van der Waals surface area contributed by atoms with Crippen LogP contribution >= 0.6 is 0 Å². The van der Waals surface area contributed by atoms with Crippen molar-refractivity contribution in [1.29, 1.82) is 0 Å². The lowest BCUT2D eigenvalue weighted by atomic mass is 9.93. The van der Waals surface area contributed by atoms with Crippen LogP contribution in [-0.4, -0.2) is 34.3 Å². The number of amides is 2. The van der Waals surface area contributed by atoms with Crippen molar-refractivity contribution in [2.75, 3.05) is 6.54 Å². The summed E-state index contributed by atoms with van der Waals surface area (Å²) >= 11 is 0. The first kappa shape index (κ1) is 13.8. The molecule has 1 aromatic rings. The molecular weight excluding hydrogens is 270 g/mol. The van der Waals surface area contributed by atoms with E-state index in [-0.39, 0.29) is 30.7 Å². The molecule has 0 saturated heterocycles. The van der Waals surface area contributed by atoms with Crippen LogP contribution in [0.5, 0.6) is 0 Å². The van der Waals surface area contributed by atoms with Crippen LogP contribution in [0, 0.1) is 11.8 Å². The highest BCUT2D eigenvalue weighted by molar-refractivity contribution is 6.09. The molecule has 1 heterocycles. The van der Waals surface area contributed by atoms with Crippen molar-refractivity contribution in [3.05, 3.63) is 35.4 Å². The number of benzene rings is 1. The Hall–Kier alpha value is -2.17. The zero-order chi connectivity index (χ0) is 15.0. The highest BCUT2D eigenvalue weighted by Crippen LogP contribution is 2.33. The van der Waals surface area contributed by atoms with Gasteiger partial charge < -0.3 is 5.11 Å². The predicted molar refractivity (Wildman–Crippen MR) is 74.7 cm³/mol. The molecule has 2 atom stereocenters. The summed E-state index contributed by atoms with van der Waals surface area (Å²) in [6.07, 6.45) is 2.45. The quantitative estimate of drug-likeness (QED) is 0.859. The van der Waals surface area contributed by atoms with Crippen LogP contribution in [0.1, 0.15) is 35.2 Å². The van der Waals surface area contributed by atoms with Gasteiger partial charge in [0.15, 0.2) is 0 Å². The SMILES string of the molecule is O=C(O)C1CCCC1CN1C(=O)Cc2ccccc2C1=O. The van der Waals surface area contributed by atoms with Crippen LogP contribution in [0.25, 0.3) is 0 Å². The standard InChI is InChI=1S/C16H17NO4/c18-14-8-10-4-1-2-6-12(10)15(19)17(14)9-11-5-3-7-13(11)16(20)21/h1-2,4,6,11,13H,3,5,7-9H2,(H,20,21). The summed E-state index contributed by atoms with van der Waals surface area (Å²) in [6, 6.07) is 7.10. The molecule has 21 heavy (non-hydrogen) atoms. The summed E-state index contributed by atoms with van der Waals surface area (Å²) in [7, 11) is 0. The van der Waals surface area contributed by atoms with Gasteiger partial charge in [-0.25, -0.2) is 0 Å². The fraction of sp³-hybridized carbons (Fsp3) is 0.438. The third-order valence-corrected chi connectivity index (χ3v) is 4.53. The summed E-state index contributed by atoms with van der Waals surface area (Å²) in [5, 5.41) is 9.21. The van der Waals surface area contributed by atoms with Gasteiger partial charge in [-0.1, -0.05) is 24.6 Å². The predicted octanol–water partition coefficient (Wildman–Crippen LogP) is 1.71. The van der Waals surface area contributed by atoms with Gasteiger partial charge in [0.1, 0.15) is 0 Å². The molecule has 2 aliphatic rings. The molecule has 0 bridgehead atoms. The zero-order valence-electron chi connectivity index (χ0n) is 11.6. The van der Waals surface area contributed by atoms with Gasteiger partial charge in [0.25, 0.3) is 5.91 Å². The molecule has 1 aliphatic heterocycles. The van der Waals surface area contributed by atoms with Gasteiger partial charge in [-0.15, -0.1) is 0 Å².